The maximum Gasteiger partial charge on any atom is 0.138 e. The van der Waals surface area contributed by atoms with Gasteiger partial charge in [0.25, 0.3) is 0 Å². The SMILES string of the molecule is CC[C@H](C)[C@@H](C)NCc1c(C)noc1C. The molecule has 0 saturated carbocycles. The second kappa shape index (κ2) is 5.31. The molecular formula is C12H22N2O. The van der Waals surface area contributed by atoms with Crippen molar-refractivity contribution in [2.75, 3.05) is 0 Å². The molecule has 0 spiro atoms. The second-order valence-corrected chi connectivity index (χ2v) is 4.36. The number of hydrogen-bond acceptors (Lipinski definition) is 3. The third-order valence-corrected chi connectivity index (χ3v) is 3.28. The third kappa shape index (κ3) is 3.06. The van der Waals surface area contributed by atoms with Gasteiger partial charge in [-0.05, 0) is 26.7 Å². The fraction of sp³-hybridized carbons (Fsp3) is 0.750. The van der Waals surface area contributed by atoms with Gasteiger partial charge in [0.15, 0.2) is 0 Å². The Balaban J connectivity index is 2.50. The largest absolute Gasteiger partial charge is 0.361 e. The second-order valence-electron chi connectivity index (χ2n) is 4.36. The molecular weight excluding hydrogens is 188 g/mol. The molecule has 0 aliphatic carbocycles. The Kier molecular flexibility index (Phi) is 4.33. The van der Waals surface area contributed by atoms with Gasteiger partial charge < -0.3 is 9.84 Å². The summed E-state index contributed by atoms with van der Waals surface area (Å²) in [5.41, 5.74) is 2.20. The van der Waals surface area contributed by atoms with Crippen molar-refractivity contribution in [1.82, 2.24) is 10.5 Å². The van der Waals surface area contributed by atoms with Crippen LogP contribution in [0.15, 0.2) is 4.52 Å². The van der Waals surface area contributed by atoms with Crippen LogP contribution in [0.25, 0.3) is 0 Å². The quantitative estimate of drug-likeness (QED) is 0.812. The van der Waals surface area contributed by atoms with Crippen LogP contribution in [0.5, 0.6) is 0 Å². The lowest BCUT2D eigenvalue weighted by Crippen LogP contribution is -2.31. The van der Waals surface area contributed by atoms with E-state index in [0.717, 1.165) is 18.0 Å². The van der Waals surface area contributed by atoms with Crippen molar-refractivity contribution in [2.45, 2.75) is 53.6 Å². The highest BCUT2D eigenvalue weighted by Crippen LogP contribution is 2.13. The van der Waals surface area contributed by atoms with Gasteiger partial charge in [0.05, 0.1) is 5.69 Å². The van der Waals surface area contributed by atoms with Crippen molar-refractivity contribution in [3.05, 3.63) is 17.0 Å². The van der Waals surface area contributed by atoms with Crippen LogP contribution in [-0.2, 0) is 6.54 Å². The summed E-state index contributed by atoms with van der Waals surface area (Å²) in [6.45, 7) is 11.5. The van der Waals surface area contributed by atoms with E-state index in [-0.39, 0.29) is 0 Å². The van der Waals surface area contributed by atoms with E-state index in [1.165, 1.54) is 12.0 Å². The molecule has 0 unspecified atom stereocenters. The zero-order chi connectivity index (χ0) is 11.4. The third-order valence-electron chi connectivity index (χ3n) is 3.28. The van der Waals surface area contributed by atoms with Gasteiger partial charge in [-0.1, -0.05) is 25.4 Å². The smallest absolute Gasteiger partial charge is 0.138 e. The molecule has 1 aromatic heterocycles. The maximum absolute atomic E-state index is 5.12. The molecule has 0 aliphatic rings. The van der Waals surface area contributed by atoms with Gasteiger partial charge in [-0.15, -0.1) is 0 Å². The predicted molar refractivity (Wildman–Crippen MR) is 61.7 cm³/mol. The Hall–Kier alpha value is -0.830. The Morgan fingerprint density at radius 1 is 1.33 bits per heavy atom. The molecule has 1 rings (SSSR count). The van der Waals surface area contributed by atoms with Crippen LogP contribution in [0.3, 0.4) is 0 Å². The summed E-state index contributed by atoms with van der Waals surface area (Å²) in [5.74, 6) is 1.63. The number of nitrogens with zero attached hydrogens (tertiary/aromatic N) is 1. The molecule has 0 amide bonds. The molecule has 15 heavy (non-hydrogen) atoms. The zero-order valence-electron chi connectivity index (χ0n) is 10.4. The summed E-state index contributed by atoms with van der Waals surface area (Å²) in [5, 5.41) is 7.46. The normalized spacial score (nSPS) is 15.3. The Morgan fingerprint density at radius 2 is 2.00 bits per heavy atom. The van der Waals surface area contributed by atoms with Gasteiger partial charge >= 0.3 is 0 Å². The van der Waals surface area contributed by atoms with Crippen LogP contribution in [0.4, 0.5) is 0 Å². The topological polar surface area (TPSA) is 38.1 Å². The first kappa shape index (κ1) is 12.2. The average Bonchev–Trinajstić information content (AvgIpc) is 2.54. The first-order valence-corrected chi connectivity index (χ1v) is 5.71. The minimum absolute atomic E-state index is 0.531. The lowest BCUT2D eigenvalue weighted by atomic mass is 10.0. The Morgan fingerprint density at radius 3 is 2.47 bits per heavy atom. The first-order valence-electron chi connectivity index (χ1n) is 5.71. The molecule has 0 aliphatic heterocycles. The van der Waals surface area contributed by atoms with Gasteiger partial charge in [-0.3, -0.25) is 0 Å². The zero-order valence-corrected chi connectivity index (χ0v) is 10.4. The van der Waals surface area contributed by atoms with E-state index in [2.05, 4.69) is 31.2 Å². The lowest BCUT2D eigenvalue weighted by molar-refractivity contribution is 0.381. The number of aryl methyl sites for hydroxylation is 2. The van der Waals surface area contributed by atoms with Crippen LogP contribution in [-0.4, -0.2) is 11.2 Å². The van der Waals surface area contributed by atoms with Crippen molar-refractivity contribution in [1.29, 1.82) is 0 Å². The fourth-order valence-corrected chi connectivity index (χ4v) is 1.57. The maximum atomic E-state index is 5.12. The summed E-state index contributed by atoms with van der Waals surface area (Å²) >= 11 is 0. The fourth-order valence-electron chi connectivity index (χ4n) is 1.57. The van der Waals surface area contributed by atoms with E-state index in [4.69, 9.17) is 4.52 Å². The summed E-state index contributed by atoms with van der Waals surface area (Å²) in [7, 11) is 0. The Bertz CT molecular complexity index is 287. The van der Waals surface area contributed by atoms with Gasteiger partial charge in [-0.25, -0.2) is 0 Å². The van der Waals surface area contributed by atoms with Crippen molar-refractivity contribution in [3.63, 3.8) is 0 Å². The van der Waals surface area contributed by atoms with Crippen molar-refractivity contribution in [2.24, 2.45) is 5.92 Å². The molecule has 0 fully saturated rings. The average molecular weight is 210 g/mol. The molecule has 3 heteroatoms. The molecule has 86 valence electrons. The number of rotatable bonds is 5. The number of aromatic nitrogens is 1. The van der Waals surface area contributed by atoms with E-state index in [1.807, 2.05) is 13.8 Å². The predicted octanol–water partition coefficient (Wildman–Crippen LogP) is 2.82. The van der Waals surface area contributed by atoms with Crippen LogP contribution in [0, 0.1) is 19.8 Å². The molecule has 2 atom stereocenters. The minimum atomic E-state index is 0.531. The number of hydrogen-bond donors (Lipinski definition) is 1. The summed E-state index contributed by atoms with van der Waals surface area (Å²) in [6, 6.07) is 0.531. The van der Waals surface area contributed by atoms with E-state index >= 15 is 0 Å². The molecule has 1 heterocycles. The number of nitrogens with one attached hydrogen (secondary N) is 1. The van der Waals surface area contributed by atoms with Crippen LogP contribution in [0.2, 0.25) is 0 Å². The van der Waals surface area contributed by atoms with E-state index < -0.39 is 0 Å². The summed E-state index contributed by atoms with van der Waals surface area (Å²) in [4.78, 5) is 0. The molecule has 1 N–H and O–H groups in total. The summed E-state index contributed by atoms with van der Waals surface area (Å²) in [6.07, 6.45) is 1.20. The van der Waals surface area contributed by atoms with Crippen molar-refractivity contribution >= 4 is 0 Å². The van der Waals surface area contributed by atoms with Gasteiger partial charge in [0, 0.05) is 18.2 Å². The molecule has 0 radical (unpaired) electrons. The summed E-state index contributed by atoms with van der Waals surface area (Å²) < 4.78 is 5.12. The van der Waals surface area contributed by atoms with Crippen LogP contribution >= 0.6 is 0 Å². The van der Waals surface area contributed by atoms with Gasteiger partial charge in [0.2, 0.25) is 0 Å². The van der Waals surface area contributed by atoms with Crippen LogP contribution in [0.1, 0.15) is 44.2 Å². The van der Waals surface area contributed by atoms with Crippen molar-refractivity contribution < 1.29 is 4.52 Å². The van der Waals surface area contributed by atoms with Crippen molar-refractivity contribution in [3.8, 4) is 0 Å². The van der Waals surface area contributed by atoms with Crippen LogP contribution < -0.4 is 5.32 Å². The molecule has 1 aromatic rings. The lowest BCUT2D eigenvalue weighted by Gasteiger charge is -2.19. The van der Waals surface area contributed by atoms with Gasteiger partial charge in [0.1, 0.15) is 5.76 Å². The van der Waals surface area contributed by atoms with E-state index in [1.54, 1.807) is 0 Å². The first-order chi connectivity index (χ1) is 7.06. The monoisotopic (exact) mass is 210 g/mol. The molecule has 0 saturated heterocycles. The standard InChI is InChI=1S/C12H22N2O/c1-6-8(2)9(3)13-7-12-10(4)14-15-11(12)5/h8-9,13H,6-7H2,1-5H3/t8-,9+/m0/s1. The van der Waals surface area contributed by atoms with Gasteiger partial charge in [-0.2, -0.15) is 0 Å². The highest BCUT2D eigenvalue weighted by Gasteiger charge is 2.13. The Labute approximate surface area is 92.2 Å². The van der Waals surface area contributed by atoms with E-state index in [9.17, 15) is 0 Å². The van der Waals surface area contributed by atoms with E-state index in [0.29, 0.717) is 12.0 Å². The highest BCUT2D eigenvalue weighted by atomic mass is 16.5. The minimum Gasteiger partial charge on any atom is -0.361 e. The molecule has 0 aromatic carbocycles. The molecule has 3 nitrogen and oxygen atoms in total. The highest BCUT2D eigenvalue weighted by molar-refractivity contribution is 5.20. The molecule has 0 bridgehead atoms.